The number of carbonyl (C=O) groups excluding carboxylic acids is 1. The van der Waals surface area contributed by atoms with Crippen molar-refractivity contribution >= 4 is 17.6 Å². The normalized spacial score (nSPS) is 42.0. The van der Waals surface area contributed by atoms with Crippen LogP contribution < -0.4 is 5.32 Å². The molecule has 0 aromatic heterocycles. The smallest absolute Gasteiger partial charge is 0.335 e. The van der Waals surface area contributed by atoms with Crippen molar-refractivity contribution < 1.29 is 14.7 Å². The molecule has 1 aromatic carbocycles. The summed E-state index contributed by atoms with van der Waals surface area (Å²) < 4.78 is 0. The maximum atomic E-state index is 13.9. The second-order valence-electron chi connectivity index (χ2n) is 18.5. The predicted octanol–water partition coefficient (Wildman–Crippen LogP) is 8.75. The molecule has 1 aromatic rings. The highest BCUT2D eigenvalue weighted by molar-refractivity contribution is 5.88. The molecule has 0 bridgehead atoms. The third-order valence-electron chi connectivity index (χ3n) is 16.2. The summed E-state index contributed by atoms with van der Waals surface area (Å²) in [7, 11) is 2.15. The molecule has 6 heteroatoms. The maximum Gasteiger partial charge on any atom is 0.335 e. The van der Waals surface area contributed by atoms with Gasteiger partial charge in [0.25, 0.3) is 0 Å². The number of urea groups is 1. The van der Waals surface area contributed by atoms with Crippen molar-refractivity contribution in [1.82, 2.24) is 15.1 Å². The van der Waals surface area contributed by atoms with Gasteiger partial charge in [0.05, 0.1) is 5.56 Å². The van der Waals surface area contributed by atoms with Crippen molar-refractivity contribution in [3.05, 3.63) is 53.6 Å². The van der Waals surface area contributed by atoms with Crippen LogP contribution in [-0.4, -0.2) is 65.7 Å². The summed E-state index contributed by atoms with van der Waals surface area (Å²) in [5.74, 6) is 1.86. The SMILES string of the molecule is C=C(C)[C@@H]1CC[C@]2(NC(=O)N3CCN(C)CC3)CC[C@]3(C)[C@H](CC[C@@H]4[C@@]5(C)CC=C(c6ccc(C(=O)O)cc6)C(C)(C)[C@@H]5CC[C@]43C)[C@@H]12. The number of carboxylic acid groups (broad SMARTS) is 1. The first-order chi connectivity index (χ1) is 22.6. The first-order valence-corrected chi connectivity index (χ1v) is 19.0. The zero-order valence-corrected chi connectivity index (χ0v) is 30.8. The minimum atomic E-state index is -0.869. The Hall–Kier alpha value is -2.60. The quantitative estimate of drug-likeness (QED) is 0.318. The number of benzene rings is 1. The zero-order valence-electron chi connectivity index (χ0n) is 30.8. The standard InChI is InChI=1S/C42H61N3O3/c1-27(2)30-15-20-42(43-37(48)45-25-23-44(8)24-26-45)22-21-40(6)32(35(30)42)13-14-34-39(5)18-16-31(28-9-11-29(12-10-28)36(46)47)38(3,4)33(39)17-19-41(34,40)7/h9-12,16,30,32-35H,1,13-15,17-26H2,2-8H3,(H,43,48)(H,46,47)/t30-,32+,33-,34+,35+,39-,40+,41+,42-/m0/s1. The number of piperazine rings is 1. The van der Waals surface area contributed by atoms with Gasteiger partial charge in [0.2, 0.25) is 0 Å². The minimum absolute atomic E-state index is 0.00256. The fraction of sp³-hybridized carbons (Fsp3) is 0.714. The molecule has 48 heavy (non-hydrogen) atoms. The monoisotopic (exact) mass is 655 g/mol. The van der Waals surface area contributed by atoms with Gasteiger partial charge in [-0.1, -0.05) is 65.0 Å². The summed E-state index contributed by atoms with van der Waals surface area (Å²) in [4.78, 5) is 29.8. The first-order valence-electron chi connectivity index (χ1n) is 19.0. The summed E-state index contributed by atoms with van der Waals surface area (Å²) >= 11 is 0. The number of amides is 2. The van der Waals surface area contributed by atoms with Crippen LogP contribution in [0.2, 0.25) is 0 Å². The number of likely N-dealkylation sites (N-methyl/N-ethyl adjacent to an activating group) is 1. The number of hydrogen-bond acceptors (Lipinski definition) is 3. The number of carboxylic acids is 1. The third-order valence-corrected chi connectivity index (χ3v) is 16.2. The topological polar surface area (TPSA) is 72.9 Å². The highest BCUT2D eigenvalue weighted by atomic mass is 16.4. The van der Waals surface area contributed by atoms with E-state index in [9.17, 15) is 14.7 Å². The Kier molecular flexibility index (Phi) is 8.09. The summed E-state index contributed by atoms with van der Waals surface area (Å²) in [6.45, 7) is 23.2. The van der Waals surface area contributed by atoms with Gasteiger partial charge in [0, 0.05) is 31.7 Å². The van der Waals surface area contributed by atoms with Gasteiger partial charge < -0.3 is 20.2 Å². The summed E-state index contributed by atoms with van der Waals surface area (Å²) in [5.41, 5.74) is 4.76. The van der Waals surface area contributed by atoms with Crippen LogP contribution in [0.4, 0.5) is 4.79 Å². The van der Waals surface area contributed by atoms with E-state index in [2.05, 4.69) is 76.4 Å². The molecule has 5 aliphatic carbocycles. The number of carbonyl (C=O) groups is 2. The van der Waals surface area contributed by atoms with Crippen LogP contribution in [0.15, 0.2) is 42.5 Å². The van der Waals surface area contributed by atoms with Crippen molar-refractivity contribution in [2.45, 2.75) is 105 Å². The molecule has 5 fully saturated rings. The van der Waals surface area contributed by atoms with Crippen molar-refractivity contribution in [3.8, 4) is 0 Å². The van der Waals surface area contributed by atoms with E-state index in [1.54, 1.807) is 12.1 Å². The molecule has 9 atom stereocenters. The molecule has 4 saturated carbocycles. The van der Waals surface area contributed by atoms with E-state index >= 15 is 0 Å². The first kappa shape index (κ1) is 33.9. The van der Waals surface area contributed by atoms with E-state index < -0.39 is 5.97 Å². The Morgan fingerprint density at radius 1 is 0.854 bits per heavy atom. The van der Waals surface area contributed by atoms with Gasteiger partial charge in [0.1, 0.15) is 0 Å². The highest BCUT2D eigenvalue weighted by Gasteiger charge is 2.70. The Morgan fingerprint density at radius 3 is 2.19 bits per heavy atom. The van der Waals surface area contributed by atoms with Crippen LogP contribution in [0.1, 0.15) is 115 Å². The van der Waals surface area contributed by atoms with Gasteiger partial charge in [-0.15, -0.1) is 0 Å². The molecule has 6 aliphatic rings. The van der Waals surface area contributed by atoms with Gasteiger partial charge in [-0.2, -0.15) is 0 Å². The molecule has 0 unspecified atom stereocenters. The predicted molar refractivity (Wildman–Crippen MR) is 194 cm³/mol. The van der Waals surface area contributed by atoms with E-state index in [0.717, 1.165) is 51.9 Å². The average Bonchev–Trinajstić information content (AvgIpc) is 3.41. The van der Waals surface area contributed by atoms with Gasteiger partial charge >= 0.3 is 12.0 Å². The highest BCUT2D eigenvalue weighted by Crippen LogP contribution is 2.76. The van der Waals surface area contributed by atoms with Gasteiger partial charge in [-0.05, 0) is 146 Å². The fourth-order valence-electron chi connectivity index (χ4n) is 13.6. The van der Waals surface area contributed by atoms with Gasteiger partial charge in [-0.3, -0.25) is 0 Å². The van der Waals surface area contributed by atoms with Crippen LogP contribution in [0.5, 0.6) is 0 Å². The molecule has 1 aliphatic heterocycles. The maximum absolute atomic E-state index is 13.9. The van der Waals surface area contributed by atoms with Crippen molar-refractivity contribution in [1.29, 1.82) is 0 Å². The van der Waals surface area contributed by atoms with Crippen LogP contribution in [0.3, 0.4) is 0 Å². The average molecular weight is 656 g/mol. The lowest BCUT2D eigenvalue weighted by molar-refractivity contribution is -0.218. The number of aromatic carboxylic acids is 1. The number of hydrogen-bond donors (Lipinski definition) is 2. The minimum Gasteiger partial charge on any atom is -0.478 e. The molecule has 2 N–H and O–H groups in total. The van der Waals surface area contributed by atoms with Crippen LogP contribution in [-0.2, 0) is 0 Å². The van der Waals surface area contributed by atoms with Crippen LogP contribution in [0, 0.1) is 51.2 Å². The van der Waals surface area contributed by atoms with Crippen LogP contribution >= 0.6 is 0 Å². The second kappa shape index (κ2) is 11.5. The van der Waals surface area contributed by atoms with E-state index in [4.69, 9.17) is 0 Å². The van der Waals surface area contributed by atoms with Crippen molar-refractivity contribution in [3.63, 3.8) is 0 Å². The Morgan fingerprint density at radius 2 is 1.54 bits per heavy atom. The number of nitrogens with zero attached hydrogens (tertiary/aromatic N) is 2. The molecule has 0 radical (unpaired) electrons. The molecule has 1 heterocycles. The Balaban J connectivity index is 1.19. The lowest BCUT2D eigenvalue weighted by atomic mass is 9.33. The Bertz CT molecular complexity index is 1510. The lowest BCUT2D eigenvalue weighted by Gasteiger charge is -2.72. The molecule has 7 rings (SSSR count). The van der Waals surface area contributed by atoms with E-state index in [1.807, 2.05) is 12.1 Å². The van der Waals surface area contributed by atoms with E-state index in [1.165, 1.54) is 48.8 Å². The third kappa shape index (κ3) is 4.81. The molecular weight excluding hydrogens is 594 g/mol. The number of allylic oxidation sites excluding steroid dienone is 3. The molecule has 6 nitrogen and oxygen atoms in total. The number of nitrogens with one attached hydrogen (secondary N) is 1. The summed E-state index contributed by atoms with van der Waals surface area (Å²) in [6, 6.07) is 7.74. The van der Waals surface area contributed by atoms with Gasteiger partial charge in [-0.25, -0.2) is 9.59 Å². The van der Waals surface area contributed by atoms with Gasteiger partial charge in [0.15, 0.2) is 0 Å². The summed E-state index contributed by atoms with van der Waals surface area (Å²) in [5, 5.41) is 13.3. The van der Waals surface area contributed by atoms with Crippen molar-refractivity contribution in [2.75, 3.05) is 33.2 Å². The second-order valence-corrected chi connectivity index (χ2v) is 18.5. The van der Waals surface area contributed by atoms with Crippen molar-refractivity contribution in [2.24, 2.45) is 51.2 Å². The molecule has 1 saturated heterocycles. The molecule has 0 spiro atoms. The van der Waals surface area contributed by atoms with E-state index in [-0.39, 0.29) is 33.2 Å². The summed E-state index contributed by atoms with van der Waals surface area (Å²) in [6.07, 6.45) is 13.1. The Labute approximate surface area is 289 Å². The molecule has 262 valence electrons. The molecule has 2 amide bonds. The van der Waals surface area contributed by atoms with E-state index in [0.29, 0.717) is 35.2 Å². The zero-order chi connectivity index (χ0) is 34.4. The number of rotatable bonds is 4. The fourth-order valence-corrected chi connectivity index (χ4v) is 13.6. The van der Waals surface area contributed by atoms with Crippen LogP contribution in [0.25, 0.3) is 5.57 Å². The number of fused-ring (bicyclic) bond motifs is 7. The largest absolute Gasteiger partial charge is 0.478 e. The lowest BCUT2D eigenvalue weighted by Crippen LogP contribution is -2.69. The molecular formula is C42H61N3O3.